The predicted octanol–water partition coefficient (Wildman–Crippen LogP) is 19.5. The van der Waals surface area contributed by atoms with Crippen LogP contribution in [0.4, 0.5) is 34.1 Å². The summed E-state index contributed by atoms with van der Waals surface area (Å²) in [6.07, 6.45) is 13.3. The molecule has 0 atom stereocenters. The second kappa shape index (κ2) is 20.2. The van der Waals surface area contributed by atoms with Gasteiger partial charge in [0, 0.05) is 34.1 Å². The molecule has 0 radical (unpaired) electrons. The van der Waals surface area contributed by atoms with Crippen LogP contribution < -0.4 is 20.2 Å². The van der Waals surface area contributed by atoms with Crippen LogP contribution in [-0.4, -0.2) is 16.1 Å². The van der Waals surface area contributed by atoms with Crippen LogP contribution in [0.3, 0.4) is 0 Å². The summed E-state index contributed by atoms with van der Waals surface area (Å²) in [5.41, 5.74) is 15.0. The number of benzene rings is 9. The summed E-state index contributed by atoms with van der Waals surface area (Å²) < 4.78 is 0. The Hall–Kier alpha value is -6.47. The van der Waals surface area contributed by atoms with Crippen LogP contribution in [0.1, 0.15) is 87.2 Å². The lowest BCUT2D eigenvalue weighted by Crippen LogP contribution is -2.37. The highest BCUT2D eigenvalue weighted by Crippen LogP contribution is 2.49. The number of hydrogen-bond acceptors (Lipinski definition) is 2. The number of hydrogen-bond donors (Lipinski definition) is 0. The molecule has 0 aliphatic heterocycles. The van der Waals surface area contributed by atoms with Gasteiger partial charge >= 0.3 is 0 Å². The molecule has 0 bridgehead atoms. The number of fused-ring (bicyclic) bond motifs is 2. The van der Waals surface area contributed by atoms with Gasteiger partial charge in [-0.1, -0.05) is 210 Å². The molecular weight excluding hydrogens is 901 g/mol. The van der Waals surface area contributed by atoms with Gasteiger partial charge in [-0.3, -0.25) is 0 Å². The van der Waals surface area contributed by atoms with Gasteiger partial charge in [-0.2, -0.15) is 0 Å². The lowest BCUT2D eigenvalue weighted by Gasteiger charge is -2.29. The van der Waals surface area contributed by atoms with Gasteiger partial charge in [-0.15, -0.1) is 0 Å². The Morgan fingerprint density at radius 3 is 0.931 bits per heavy atom. The molecule has 11 rings (SSSR count). The zero-order valence-electron chi connectivity index (χ0n) is 43.6. The average Bonchev–Trinajstić information content (AvgIpc) is 3.41. The van der Waals surface area contributed by atoms with Crippen molar-refractivity contribution in [3.8, 4) is 22.3 Å². The summed E-state index contributed by atoms with van der Waals surface area (Å²) in [5, 5.41) is 7.94. The summed E-state index contributed by atoms with van der Waals surface area (Å²) in [4.78, 5) is 4.99. The van der Waals surface area contributed by atoms with Gasteiger partial charge in [0.05, 0.1) is 16.1 Å². The van der Waals surface area contributed by atoms with Crippen LogP contribution in [0, 0.1) is 0 Å². The Labute approximate surface area is 432 Å². The third-order valence-electron chi connectivity index (χ3n) is 16.2. The largest absolute Gasteiger partial charge is 0.310 e. The minimum absolute atomic E-state index is 0.658. The molecule has 0 N–H and O–H groups in total. The van der Waals surface area contributed by atoms with E-state index in [1.54, 1.807) is 0 Å². The Balaban J connectivity index is 1.13. The third-order valence-corrected chi connectivity index (χ3v) is 20.3. The zero-order valence-corrected chi connectivity index (χ0v) is 45.6. The van der Waals surface area contributed by atoms with Crippen molar-refractivity contribution in [3.63, 3.8) is 0 Å². The van der Waals surface area contributed by atoms with Crippen molar-refractivity contribution in [1.29, 1.82) is 0 Å². The Kier molecular flexibility index (Phi) is 13.4. The SMILES string of the molecule is C[Si](C)(C)c1ccc(N(c2ccc(C3CCCCC3)cc2)c2ccc3c(-c4ccccc4)c4cc(N(c5ccc(C6CCCCC6)cc5)c5ccc([Si](C)(C)C)cc5)ccc4c(-c4ccccc4)c3c2)cc1. The van der Waals surface area contributed by atoms with E-state index in [4.69, 9.17) is 0 Å². The first-order chi connectivity index (χ1) is 35.0. The molecule has 9 aromatic rings. The molecule has 72 heavy (non-hydrogen) atoms. The highest BCUT2D eigenvalue weighted by atomic mass is 28.3. The molecule has 2 aliphatic rings. The fraction of sp³-hybridized carbons (Fsp3) is 0.265. The molecule has 0 spiro atoms. The first kappa shape index (κ1) is 47.8. The molecular formula is C68H72N2Si2. The molecule has 0 aromatic heterocycles. The summed E-state index contributed by atoms with van der Waals surface area (Å²) in [6.45, 7) is 14.6. The topological polar surface area (TPSA) is 6.48 Å². The minimum Gasteiger partial charge on any atom is -0.310 e. The van der Waals surface area contributed by atoms with Gasteiger partial charge in [0.25, 0.3) is 0 Å². The van der Waals surface area contributed by atoms with Gasteiger partial charge in [0.1, 0.15) is 0 Å². The predicted molar refractivity (Wildman–Crippen MR) is 319 cm³/mol. The monoisotopic (exact) mass is 973 g/mol. The van der Waals surface area contributed by atoms with Crippen LogP contribution >= 0.6 is 0 Å². The van der Waals surface area contributed by atoms with Gasteiger partial charge in [0.15, 0.2) is 0 Å². The molecule has 0 heterocycles. The van der Waals surface area contributed by atoms with E-state index in [1.807, 2.05) is 0 Å². The normalized spacial score (nSPS) is 15.0. The lowest BCUT2D eigenvalue weighted by atomic mass is 9.84. The second-order valence-electron chi connectivity index (χ2n) is 23.1. The van der Waals surface area contributed by atoms with Crippen molar-refractivity contribution in [1.82, 2.24) is 0 Å². The quantitative estimate of drug-likeness (QED) is 0.0889. The van der Waals surface area contributed by atoms with E-state index in [2.05, 4.69) is 243 Å². The summed E-state index contributed by atoms with van der Waals surface area (Å²) in [6, 6.07) is 75.0. The fourth-order valence-electron chi connectivity index (χ4n) is 12.1. The van der Waals surface area contributed by atoms with E-state index in [-0.39, 0.29) is 0 Å². The molecule has 4 heteroatoms. The Morgan fingerprint density at radius 1 is 0.306 bits per heavy atom. The highest BCUT2D eigenvalue weighted by Gasteiger charge is 2.25. The third kappa shape index (κ3) is 9.76. The van der Waals surface area contributed by atoms with E-state index in [9.17, 15) is 0 Å². The lowest BCUT2D eigenvalue weighted by molar-refractivity contribution is 0.443. The average molecular weight is 974 g/mol. The Morgan fingerprint density at radius 2 is 0.611 bits per heavy atom. The molecule has 0 unspecified atom stereocenters. The molecule has 2 saturated carbocycles. The maximum absolute atomic E-state index is 2.49. The molecule has 0 amide bonds. The number of nitrogens with zero attached hydrogens (tertiary/aromatic N) is 2. The van der Waals surface area contributed by atoms with Crippen LogP contribution in [0.5, 0.6) is 0 Å². The van der Waals surface area contributed by atoms with E-state index in [1.165, 1.54) is 152 Å². The van der Waals surface area contributed by atoms with Gasteiger partial charge < -0.3 is 9.80 Å². The summed E-state index contributed by atoms with van der Waals surface area (Å²) in [7, 11) is -3.02. The smallest absolute Gasteiger partial charge is 0.0775 e. The second-order valence-corrected chi connectivity index (χ2v) is 33.2. The van der Waals surface area contributed by atoms with Crippen LogP contribution in [0.2, 0.25) is 39.3 Å². The number of rotatable bonds is 12. The zero-order chi connectivity index (χ0) is 49.4. The highest BCUT2D eigenvalue weighted by molar-refractivity contribution is 6.89. The van der Waals surface area contributed by atoms with Gasteiger partial charge in [0.2, 0.25) is 0 Å². The molecule has 2 nitrogen and oxygen atoms in total. The first-order valence-electron chi connectivity index (χ1n) is 27.1. The van der Waals surface area contributed by atoms with E-state index >= 15 is 0 Å². The Bertz CT molecular complexity index is 3060. The standard InChI is InChI=1S/C68H72N2Si2/c1-71(2,3)61-41-35-57(36-42-61)69(55-31-27-51(28-32-55)49-19-11-7-12-20-49)59-39-45-63-65(47-59)67(53-23-15-9-16-24-53)64-46-40-60(48-66(64)68(63)54-25-17-10-18-26-54)70(58-37-43-62(44-38-58)72(4,5)6)56-33-29-52(30-34-56)50-21-13-8-14-22-50/h9-10,15-18,23-50H,7-8,11-14,19-22H2,1-6H3. The van der Waals surface area contributed by atoms with Crippen molar-refractivity contribution in [3.05, 3.63) is 205 Å². The van der Waals surface area contributed by atoms with Crippen molar-refractivity contribution >= 4 is 82.2 Å². The van der Waals surface area contributed by atoms with Gasteiger partial charge in [-0.05, 0) is 165 Å². The molecule has 0 saturated heterocycles. The molecule has 2 aliphatic carbocycles. The fourth-order valence-corrected chi connectivity index (χ4v) is 14.4. The molecule has 9 aromatic carbocycles. The molecule has 2 fully saturated rings. The summed E-state index contributed by atoms with van der Waals surface area (Å²) >= 11 is 0. The van der Waals surface area contributed by atoms with Crippen LogP contribution in [-0.2, 0) is 0 Å². The van der Waals surface area contributed by atoms with Crippen molar-refractivity contribution in [2.24, 2.45) is 0 Å². The van der Waals surface area contributed by atoms with Crippen LogP contribution in [0.25, 0.3) is 43.8 Å². The van der Waals surface area contributed by atoms with Gasteiger partial charge in [-0.25, -0.2) is 0 Å². The molecule has 362 valence electrons. The maximum Gasteiger partial charge on any atom is 0.0775 e. The number of anilines is 6. The van der Waals surface area contributed by atoms with E-state index in [0.29, 0.717) is 11.8 Å². The van der Waals surface area contributed by atoms with Crippen molar-refractivity contribution < 1.29 is 0 Å². The van der Waals surface area contributed by atoms with Crippen molar-refractivity contribution in [2.75, 3.05) is 9.80 Å². The minimum atomic E-state index is -1.51. The maximum atomic E-state index is 2.49. The van der Waals surface area contributed by atoms with Crippen molar-refractivity contribution in [2.45, 2.75) is 115 Å². The van der Waals surface area contributed by atoms with E-state index < -0.39 is 16.1 Å². The van der Waals surface area contributed by atoms with Crippen LogP contribution in [0.15, 0.2) is 194 Å². The van der Waals surface area contributed by atoms with E-state index in [0.717, 1.165) is 11.4 Å². The summed E-state index contributed by atoms with van der Waals surface area (Å²) in [5.74, 6) is 1.32. The first-order valence-corrected chi connectivity index (χ1v) is 34.1.